The van der Waals surface area contributed by atoms with Crippen LogP contribution in [0.5, 0.6) is 11.5 Å². The van der Waals surface area contributed by atoms with Crippen LogP contribution in [0.25, 0.3) is 0 Å². The van der Waals surface area contributed by atoms with E-state index < -0.39 is 0 Å². The predicted octanol–water partition coefficient (Wildman–Crippen LogP) is 5.12. The van der Waals surface area contributed by atoms with Crippen LogP contribution in [-0.4, -0.2) is 19.1 Å². The van der Waals surface area contributed by atoms with Crippen molar-refractivity contribution in [1.82, 2.24) is 5.32 Å². The molecule has 0 heterocycles. The maximum Gasteiger partial charge on any atom is 0.252 e. The molecular formula is C23H29NO3. The molecule has 3 rings (SSSR count). The van der Waals surface area contributed by atoms with E-state index >= 15 is 0 Å². The fourth-order valence-corrected chi connectivity index (χ4v) is 3.59. The second-order valence-corrected chi connectivity index (χ2v) is 7.38. The van der Waals surface area contributed by atoms with Gasteiger partial charge in [0.2, 0.25) is 0 Å². The third-order valence-electron chi connectivity index (χ3n) is 5.48. The highest BCUT2D eigenvalue weighted by Crippen LogP contribution is 2.33. The quantitative estimate of drug-likeness (QED) is 0.770. The van der Waals surface area contributed by atoms with E-state index in [0.717, 1.165) is 40.8 Å². The van der Waals surface area contributed by atoms with E-state index in [0.29, 0.717) is 5.75 Å². The third kappa shape index (κ3) is 4.44. The monoisotopic (exact) mass is 367 g/mol. The number of carbonyl (C=O) groups excluding carboxylic acids is 1. The lowest BCUT2D eigenvalue weighted by Crippen LogP contribution is -2.27. The fourth-order valence-electron chi connectivity index (χ4n) is 3.59. The average molecular weight is 367 g/mol. The van der Waals surface area contributed by atoms with Gasteiger partial charge in [0.15, 0.2) is 11.5 Å². The lowest BCUT2D eigenvalue weighted by molar-refractivity contribution is 0.0939. The zero-order valence-electron chi connectivity index (χ0n) is 16.7. The van der Waals surface area contributed by atoms with Crippen LogP contribution in [-0.2, 0) is 0 Å². The molecule has 4 heteroatoms. The molecule has 0 radical (unpaired) electrons. The van der Waals surface area contributed by atoms with Crippen LogP contribution in [0, 0.1) is 13.8 Å². The van der Waals surface area contributed by atoms with Gasteiger partial charge < -0.3 is 14.8 Å². The van der Waals surface area contributed by atoms with Crippen LogP contribution in [0.3, 0.4) is 0 Å². The number of benzene rings is 2. The topological polar surface area (TPSA) is 47.6 Å². The summed E-state index contributed by atoms with van der Waals surface area (Å²) < 4.78 is 11.6. The van der Waals surface area contributed by atoms with Gasteiger partial charge in [0.1, 0.15) is 0 Å². The summed E-state index contributed by atoms with van der Waals surface area (Å²) in [6.07, 6.45) is 4.95. The normalized spacial score (nSPS) is 15.4. The Morgan fingerprint density at radius 1 is 1.11 bits per heavy atom. The Kier molecular flexibility index (Phi) is 6.04. The van der Waals surface area contributed by atoms with Crippen molar-refractivity contribution in [2.45, 2.75) is 58.6 Å². The number of methoxy groups -OCH3 is 1. The summed E-state index contributed by atoms with van der Waals surface area (Å²) in [4.78, 5) is 12.7. The van der Waals surface area contributed by atoms with Gasteiger partial charge in [0, 0.05) is 5.56 Å². The van der Waals surface area contributed by atoms with E-state index in [1.807, 2.05) is 57.2 Å². The van der Waals surface area contributed by atoms with Gasteiger partial charge >= 0.3 is 0 Å². The van der Waals surface area contributed by atoms with Gasteiger partial charge in [-0.2, -0.15) is 0 Å². The van der Waals surface area contributed by atoms with Crippen molar-refractivity contribution >= 4 is 5.91 Å². The average Bonchev–Trinajstić information content (AvgIpc) is 3.17. The highest BCUT2D eigenvalue weighted by Gasteiger charge is 2.20. The number of hydrogen-bond acceptors (Lipinski definition) is 3. The fraction of sp³-hybridized carbons (Fsp3) is 0.435. The zero-order chi connectivity index (χ0) is 19.4. The SMILES string of the molecule is COc1cc(C(C)NC(=O)c2cccc(C)c2C)ccc1OC1CCCC1. The van der Waals surface area contributed by atoms with E-state index in [9.17, 15) is 4.79 Å². The first kappa shape index (κ1) is 19.3. The predicted molar refractivity (Wildman–Crippen MR) is 108 cm³/mol. The van der Waals surface area contributed by atoms with Crippen LogP contribution in [0.15, 0.2) is 36.4 Å². The van der Waals surface area contributed by atoms with Gasteiger partial charge in [-0.15, -0.1) is 0 Å². The van der Waals surface area contributed by atoms with Gasteiger partial charge in [-0.3, -0.25) is 4.79 Å². The van der Waals surface area contributed by atoms with Crippen molar-refractivity contribution in [1.29, 1.82) is 0 Å². The number of rotatable bonds is 6. The highest BCUT2D eigenvalue weighted by atomic mass is 16.5. The Bertz CT molecular complexity index is 809. The van der Waals surface area contributed by atoms with E-state index in [1.54, 1.807) is 7.11 Å². The van der Waals surface area contributed by atoms with Crippen molar-refractivity contribution in [2.75, 3.05) is 7.11 Å². The largest absolute Gasteiger partial charge is 0.493 e. The van der Waals surface area contributed by atoms with Crippen molar-refractivity contribution in [3.8, 4) is 11.5 Å². The molecule has 27 heavy (non-hydrogen) atoms. The Labute approximate surface area is 161 Å². The molecule has 2 aromatic rings. The Morgan fingerprint density at radius 3 is 2.56 bits per heavy atom. The molecule has 0 bridgehead atoms. The first-order valence-corrected chi connectivity index (χ1v) is 9.71. The number of ether oxygens (including phenoxy) is 2. The number of nitrogens with one attached hydrogen (secondary N) is 1. The van der Waals surface area contributed by atoms with Crippen LogP contribution in [0.1, 0.15) is 65.7 Å². The minimum absolute atomic E-state index is 0.0612. The molecule has 1 unspecified atom stereocenters. The highest BCUT2D eigenvalue weighted by molar-refractivity contribution is 5.96. The van der Waals surface area contributed by atoms with E-state index in [-0.39, 0.29) is 18.1 Å². The van der Waals surface area contributed by atoms with Crippen molar-refractivity contribution in [2.24, 2.45) is 0 Å². The number of amides is 1. The molecule has 0 spiro atoms. The van der Waals surface area contributed by atoms with Crippen LogP contribution in [0.2, 0.25) is 0 Å². The maximum absolute atomic E-state index is 12.7. The Morgan fingerprint density at radius 2 is 1.85 bits per heavy atom. The molecule has 1 N–H and O–H groups in total. The summed E-state index contributed by atoms with van der Waals surface area (Å²) in [7, 11) is 1.65. The third-order valence-corrected chi connectivity index (χ3v) is 5.48. The molecule has 1 atom stereocenters. The summed E-state index contributed by atoms with van der Waals surface area (Å²) in [6, 6.07) is 11.6. The van der Waals surface area contributed by atoms with Gasteiger partial charge in [0.05, 0.1) is 19.3 Å². The van der Waals surface area contributed by atoms with Crippen molar-refractivity contribution in [3.63, 3.8) is 0 Å². The second-order valence-electron chi connectivity index (χ2n) is 7.38. The Balaban J connectivity index is 1.73. The standard InChI is InChI=1S/C23H29NO3/c1-15-8-7-11-20(16(15)2)23(25)24-17(3)18-12-13-21(22(14-18)26-4)27-19-9-5-6-10-19/h7-8,11-14,17,19H,5-6,9-10H2,1-4H3,(H,24,25). The van der Waals surface area contributed by atoms with Gasteiger partial charge in [0.25, 0.3) is 5.91 Å². The molecule has 1 aliphatic carbocycles. The molecule has 1 fully saturated rings. The molecule has 0 aliphatic heterocycles. The van der Waals surface area contributed by atoms with E-state index in [1.165, 1.54) is 12.8 Å². The van der Waals surface area contributed by atoms with E-state index in [4.69, 9.17) is 9.47 Å². The number of hydrogen-bond donors (Lipinski definition) is 1. The smallest absolute Gasteiger partial charge is 0.252 e. The molecule has 2 aromatic carbocycles. The molecule has 4 nitrogen and oxygen atoms in total. The first-order valence-electron chi connectivity index (χ1n) is 9.71. The lowest BCUT2D eigenvalue weighted by atomic mass is 10.0. The summed E-state index contributed by atoms with van der Waals surface area (Å²) in [5.74, 6) is 1.43. The lowest BCUT2D eigenvalue weighted by Gasteiger charge is -2.19. The molecule has 1 saturated carbocycles. The van der Waals surface area contributed by atoms with Crippen LogP contribution in [0.4, 0.5) is 0 Å². The number of carbonyl (C=O) groups is 1. The molecular weight excluding hydrogens is 338 g/mol. The van der Waals surface area contributed by atoms with E-state index in [2.05, 4.69) is 5.32 Å². The summed E-state index contributed by atoms with van der Waals surface area (Å²) in [5.41, 5.74) is 3.84. The summed E-state index contributed by atoms with van der Waals surface area (Å²) in [5, 5.41) is 3.09. The van der Waals surface area contributed by atoms with Crippen molar-refractivity contribution < 1.29 is 14.3 Å². The summed E-state index contributed by atoms with van der Waals surface area (Å²) >= 11 is 0. The maximum atomic E-state index is 12.7. The van der Waals surface area contributed by atoms with Gasteiger partial charge in [-0.05, 0) is 81.3 Å². The molecule has 0 saturated heterocycles. The van der Waals surface area contributed by atoms with Crippen molar-refractivity contribution in [3.05, 3.63) is 58.7 Å². The second kappa shape index (κ2) is 8.47. The minimum atomic E-state index is -0.133. The Hall–Kier alpha value is -2.49. The van der Waals surface area contributed by atoms with Crippen LogP contribution >= 0.6 is 0 Å². The molecule has 0 aromatic heterocycles. The minimum Gasteiger partial charge on any atom is -0.493 e. The van der Waals surface area contributed by atoms with Gasteiger partial charge in [-0.25, -0.2) is 0 Å². The first-order chi connectivity index (χ1) is 13.0. The molecule has 1 aliphatic rings. The molecule has 144 valence electrons. The van der Waals surface area contributed by atoms with Crippen LogP contribution < -0.4 is 14.8 Å². The van der Waals surface area contributed by atoms with Gasteiger partial charge in [-0.1, -0.05) is 18.2 Å². The number of aryl methyl sites for hydroxylation is 1. The summed E-state index contributed by atoms with van der Waals surface area (Å²) in [6.45, 7) is 5.98. The zero-order valence-corrected chi connectivity index (χ0v) is 16.7. The molecule has 1 amide bonds.